The highest BCUT2D eigenvalue weighted by molar-refractivity contribution is 5.96. The Bertz CT molecular complexity index is 607. The van der Waals surface area contributed by atoms with E-state index >= 15 is 0 Å². The Labute approximate surface area is 121 Å². The monoisotopic (exact) mass is 292 g/mol. The second-order valence-corrected chi connectivity index (χ2v) is 5.35. The van der Waals surface area contributed by atoms with Crippen LogP contribution in [-0.4, -0.2) is 39.9 Å². The summed E-state index contributed by atoms with van der Waals surface area (Å²) in [5.74, 6) is -1.73. The molecule has 1 heterocycles. The highest BCUT2D eigenvalue weighted by atomic mass is 16.6. The molecule has 112 valence electrons. The second-order valence-electron chi connectivity index (χ2n) is 5.35. The Morgan fingerprint density at radius 1 is 1.43 bits per heavy atom. The summed E-state index contributed by atoms with van der Waals surface area (Å²) < 4.78 is 0. The van der Waals surface area contributed by atoms with Crippen molar-refractivity contribution in [2.24, 2.45) is 11.8 Å². The summed E-state index contributed by atoms with van der Waals surface area (Å²) in [4.78, 5) is 34.9. The molecule has 1 aliphatic heterocycles. The summed E-state index contributed by atoms with van der Waals surface area (Å²) in [7, 11) is 0. The van der Waals surface area contributed by atoms with Gasteiger partial charge in [0.25, 0.3) is 11.6 Å². The number of likely N-dealkylation sites (tertiary alicyclic amines) is 1. The first-order valence-corrected chi connectivity index (χ1v) is 6.58. The molecule has 1 atom stereocenters. The molecule has 1 fully saturated rings. The maximum Gasteiger partial charge on any atom is 0.306 e. The summed E-state index contributed by atoms with van der Waals surface area (Å²) in [6.45, 7) is 4.07. The van der Waals surface area contributed by atoms with E-state index in [2.05, 4.69) is 0 Å². The zero-order valence-electron chi connectivity index (χ0n) is 11.8. The number of amides is 1. The molecule has 2 rings (SSSR count). The summed E-state index contributed by atoms with van der Waals surface area (Å²) in [6, 6.07) is 4.17. The van der Waals surface area contributed by atoms with Gasteiger partial charge in [0.15, 0.2) is 0 Å². The molecule has 0 bridgehead atoms. The molecule has 1 unspecified atom stereocenters. The third-order valence-corrected chi connectivity index (χ3v) is 3.96. The topological polar surface area (TPSA) is 101 Å². The number of benzene rings is 1. The third-order valence-electron chi connectivity index (χ3n) is 3.96. The fourth-order valence-corrected chi connectivity index (χ4v) is 2.32. The van der Waals surface area contributed by atoms with Gasteiger partial charge < -0.3 is 10.0 Å². The van der Waals surface area contributed by atoms with Crippen molar-refractivity contribution in [3.05, 3.63) is 39.4 Å². The van der Waals surface area contributed by atoms with Crippen molar-refractivity contribution in [3.63, 3.8) is 0 Å². The number of carbonyl (C=O) groups excluding carboxylic acids is 1. The number of hydrogen-bond donors (Lipinski definition) is 1. The first-order valence-electron chi connectivity index (χ1n) is 6.58. The number of nitro benzene ring substituents is 1. The number of carboxylic acids is 1. The van der Waals surface area contributed by atoms with Crippen molar-refractivity contribution in [2.75, 3.05) is 13.1 Å². The molecule has 0 saturated carbocycles. The maximum atomic E-state index is 12.3. The minimum Gasteiger partial charge on any atom is -0.481 e. The van der Waals surface area contributed by atoms with Crippen LogP contribution in [0.5, 0.6) is 0 Å². The van der Waals surface area contributed by atoms with Crippen molar-refractivity contribution in [1.82, 2.24) is 4.90 Å². The van der Waals surface area contributed by atoms with Crippen molar-refractivity contribution < 1.29 is 19.6 Å². The Hall–Kier alpha value is -2.44. The zero-order valence-corrected chi connectivity index (χ0v) is 11.8. The van der Waals surface area contributed by atoms with Gasteiger partial charge in [0.2, 0.25) is 0 Å². The van der Waals surface area contributed by atoms with E-state index in [4.69, 9.17) is 5.11 Å². The standard InChI is InChI=1S/C14H16N2O5/c1-8-3-4-11(16(20)21)5-12(8)13(17)15-6-10(7-15)9(2)14(18)19/h3-5,9-10H,6-7H2,1-2H3,(H,18,19). The van der Waals surface area contributed by atoms with Crippen LogP contribution in [0.15, 0.2) is 18.2 Å². The van der Waals surface area contributed by atoms with Gasteiger partial charge in [0, 0.05) is 36.7 Å². The SMILES string of the molecule is Cc1ccc([N+](=O)[O-])cc1C(=O)N1CC(C(C)C(=O)O)C1. The number of aliphatic carboxylic acids is 1. The first-order chi connectivity index (χ1) is 9.81. The number of carboxylic acid groups (broad SMARTS) is 1. The Morgan fingerprint density at radius 3 is 2.57 bits per heavy atom. The van der Waals surface area contributed by atoms with Crippen molar-refractivity contribution >= 4 is 17.6 Å². The molecule has 1 saturated heterocycles. The molecule has 1 aromatic rings. The number of carbonyl (C=O) groups is 2. The molecule has 0 aromatic heterocycles. The molecule has 1 aromatic carbocycles. The number of non-ortho nitro benzene ring substituents is 1. The first kappa shape index (κ1) is 15.0. The van der Waals surface area contributed by atoms with E-state index in [-0.39, 0.29) is 17.5 Å². The smallest absolute Gasteiger partial charge is 0.306 e. The fourth-order valence-electron chi connectivity index (χ4n) is 2.32. The fraction of sp³-hybridized carbons (Fsp3) is 0.429. The summed E-state index contributed by atoms with van der Waals surface area (Å²) in [5, 5.41) is 19.7. The van der Waals surface area contributed by atoms with Crippen LogP contribution in [-0.2, 0) is 4.79 Å². The van der Waals surface area contributed by atoms with Gasteiger partial charge in [-0.15, -0.1) is 0 Å². The lowest BCUT2D eigenvalue weighted by Crippen LogP contribution is -2.53. The van der Waals surface area contributed by atoms with Gasteiger partial charge in [-0.1, -0.05) is 13.0 Å². The van der Waals surface area contributed by atoms with Crippen LogP contribution in [0.1, 0.15) is 22.8 Å². The quantitative estimate of drug-likeness (QED) is 0.672. The Balaban J connectivity index is 2.11. The highest BCUT2D eigenvalue weighted by Gasteiger charge is 2.37. The maximum absolute atomic E-state index is 12.3. The largest absolute Gasteiger partial charge is 0.481 e. The van der Waals surface area contributed by atoms with Crippen LogP contribution >= 0.6 is 0 Å². The van der Waals surface area contributed by atoms with E-state index in [1.807, 2.05) is 0 Å². The number of rotatable bonds is 4. The van der Waals surface area contributed by atoms with Crippen LogP contribution in [0.25, 0.3) is 0 Å². The summed E-state index contributed by atoms with van der Waals surface area (Å²) in [6.07, 6.45) is 0. The van der Waals surface area contributed by atoms with Crippen LogP contribution in [0.3, 0.4) is 0 Å². The normalized spacial score (nSPS) is 16.2. The predicted octanol–water partition coefficient (Wildman–Crippen LogP) is 1.70. The van der Waals surface area contributed by atoms with E-state index in [0.29, 0.717) is 24.2 Å². The molecular weight excluding hydrogens is 276 g/mol. The van der Waals surface area contributed by atoms with Crippen LogP contribution < -0.4 is 0 Å². The van der Waals surface area contributed by atoms with E-state index < -0.39 is 16.8 Å². The minimum absolute atomic E-state index is 0.0644. The van der Waals surface area contributed by atoms with Gasteiger partial charge in [-0.25, -0.2) is 0 Å². The van der Waals surface area contributed by atoms with Crippen molar-refractivity contribution in [3.8, 4) is 0 Å². The molecular formula is C14H16N2O5. The molecule has 21 heavy (non-hydrogen) atoms. The predicted molar refractivity (Wildman–Crippen MR) is 74.0 cm³/mol. The van der Waals surface area contributed by atoms with Crippen LogP contribution in [0.4, 0.5) is 5.69 Å². The van der Waals surface area contributed by atoms with Crippen molar-refractivity contribution in [1.29, 1.82) is 0 Å². The summed E-state index contributed by atoms with van der Waals surface area (Å²) >= 11 is 0. The second kappa shape index (κ2) is 5.51. The molecule has 7 heteroatoms. The van der Waals surface area contributed by atoms with E-state index in [1.54, 1.807) is 19.9 Å². The molecule has 1 N–H and O–H groups in total. The lowest BCUT2D eigenvalue weighted by molar-refractivity contribution is -0.384. The minimum atomic E-state index is -0.876. The molecule has 0 radical (unpaired) electrons. The Morgan fingerprint density at radius 2 is 2.05 bits per heavy atom. The number of nitro groups is 1. The van der Waals surface area contributed by atoms with Gasteiger partial charge in [-0.2, -0.15) is 0 Å². The van der Waals surface area contributed by atoms with Gasteiger partial charge >= 0.3 is 5.97 Å². The Kier molecular flexibility index (Phi) is 3.93. The van der Waals surface area contributed by atoms with E-state index in [1.165, 1.54) is 17.0 Å². The molecule has 1 aliphatic rings. The number of aryl methyl sites for hydroxylation is 1. The zero-order chi connectivity index (χ0) is 15.7. The highest BCUT2D eigenvalue weighted by Crippen LogP contribution is 2.27. The average molecular weight is 292 g/mol. The van der Waals surface area contributed by atoms with Gasteiger partial charge in [-0.05, 0) is 12.5 Å². The van der Waals surface area contributed by atoms with E-state index in [0.717, 1.165) is 0 Å². The molecule has 0 aliphatic carbocycles. The van der Waals surface area contributed by atoms with Gasteiger partial charge in [0.05, 0.1) is 10.8 Å². The van der Waals surface area contributed by atoms with Gasteiger partial charge in [0.1, 0.15) is 0 Å². The number of nitrogens with zero attached hydrogens (tertiary/aromatic N) is 2. The van der Waals surface area contributed by atoms with Crippen LogP contribution in [0.2, 0.25) is 0 Å². The average Bonchev–Trinajstić information content (AvgIpc) is 2.36. The third kappa shape index (κ3) is 2.86. The summed E-state index contributed by atoms with van der Waals surface area (Å²) in [5.41, 5.74) is 0.839. The molecule has 1 amide bonds. The number of hydrogen-bond acceptors (Lipinski definition) is 4. The van der Waals surface area contributed by atoms with Crippen LogP contribution in [0, 0.1) is 28.9 Å². The lowest BCUT2D eigenvalue weighted by Gasteiger charge is -2.41. The van der Waals surface area contributed by atoms with Gasteiger partial charge in [-0.3, -0.25) is 19.7 Å². The lowest BCUT2D eigenvalue weighted by atomic mass is 9.86. The van der Waals surface area contributed by atoms with E-state index in [9.17, 15) is 19.7 Å². The molecule has 0 spiro atoms. The molecule has 7 nitrogen and oxygen atoms in total. The van der Waals surface area contributed by atoms with Crippen molar-refractivity contribution in [2.45, 2.75) is 13.8 Å².